The van der Waals surface area contributed by atoms with Gasteiger partial charge in [-0.25, -0.2) is 14.6 Å². The highest BCUT2D eigenvalue weighted by atomic mass is 32.1. The number of nitriles is 1. The summed E-state index contributed by atoms with van der Waals surface area (Å²) < 4.78 is 1.63. The van der Waals surface area contributed by atoms with E-state index in [9.17, 15) is 0 Å². The molecule has 2 rings (SSSR count). The molecule has 5 nitrogen and oxygen atoms in total. The third-order valence-electron chi connectivity index (χ3n) is 2.25. The van der Waals surface area contributed by atoms with Crippen LogP contribution in [-0.2, 0) is 12.0 Å². The van der Waals surface area contributed by atoms with Crippen molar-refractivity contribution < 1.29 is 0 Å². The Hall–Kier alpha value is -1.74. The van der Waals surface area contributed by atoms with Crippen LogP contribution in [0.5, 0.6) is 0 Å². The Morgan fingerprint density at radius 2 is 2.24 bits per heavy atom. The molecule has 0 amide bonds. The maximum absolute atomic E-state index is 8.63. The molecule has 17 heavy (non-hydrogen) atoms. The second-order valence-corrected chi connectivity index (χ2v) is 5.70. The summed E-state index contributed by atoms with van der Waals surface area (Å²) in [4.78, 5) is 8.41. The van der Waals surface area contributed by atoms with Crippen LogP contribution in [0, 0.1) is 11.3 Å². The monoisotopic (exact) mass is 247 g/mol. The fraction of sp³-hybridized carbons (Fsp3) is 0.455. The molecule has 88 valence electrons. The summed E-state index contributed by atoms with van der Waals surface area (Å²) in [5, 5.41) is 15.7. The topological polar surface area (TPSA) is 67.4 Å². The lowest BCUT2D eigenvalue weighted by molar-refractivity contribution is 0.567. The maximum atomic E-state index is 8.63. The van der Waals surface area contributed by atoms with Gasteiger partial charge in [-0.1, -0.05) is 20.8 Å². The summed E-state index contributed by atoms with van der Waals surface area (Å²) in [7, 11) is 0. The van der Waals surface area contributed by atoms with Crippen LogP contribution >= 0.6 is 11.3 Å². The third-order valence-corrected chi connectivity index (χ3v) is 3.09. The van der Waals surface area contributed by atoms with Crippen LogP contribution in [0.25, 0.3) is 0 Å². The molecule has 0 unspecified atom stereocenters. The van der Waals surface area contributed by atoms with Crippen LogP contribution in [0.1, 0.15) is 37.3 Å². The van der Waals surface area contributed by atoms with E-state index in [2.05, 4.69) is 41.2 Å². The Morgan fingerprint density at radius 1 is 1.47 bits per heavy atom. The smallest absolute Gasteiger partial charge is 0.245 e. The normalized spacial score (nSPS) is 11.4. The number of hydrogen-bond donors (Lipinski definition) is 0. The Balaban J connectivity index is 2.15. The maximum Gasteiger partial charge on any atom is 0.252 e. The van der Waals surface area contributed by atoms with Crippen LogP contribution in [0.15, 0.2) is 11.7 Å². The molecule has 0 aliphatic carbocycles. The molecule has 0 bridgehead atoms. The lowest BCUT2D eigenvalue weighted by Gasteiger charge is -2.14. The zero-order valence-corrected chi connectivity index (χ0v) is 10.8. The zero-order chi connectivity index (χ0) is 12.5. The van der Waals surface area contributed by atoms with Crippen LogP contribution in [0.4, 0.5) is 0 Å². The largest absolute Gasteiger partial charge is 0.252 e. The van der Waals surface area contributed by atoms with Crippen LogP contribution in [0.2, 0.25) is 0 Å². The van der Waals surface area contributed by atoms with E-state index in [0.717, 1.165) is 10.7 Å². The Morgan fingerprint density at radius 3 is 2.76 bits per heavy atom. The minimum atomic E-state index is 0.0644. The number of rotatable bonds is 2. The minimum absolute atomic E-state index is 0.0644. The van der Waals surface area contributed by atoms with Gasteiger partial charge in [-0.05, 0) is 0 Å². The van der Waals surface area contributed by atoms with Crippen molar-refractivity contribution in [2.24, 2.45) is 0 Å². The molecule has 0 fully saturated rings. The number of nitrogens with zero attached hydrogens (tertiary/aromatic N) is 5. The minimum Gasteiger partial charge on any atom is -0.245 e. The van der Waals surface area contributed by atoms with Crippen molar-refractivity contribution in [3.8, 4) is 6.07 Å². The van der Waals surface area contributed by atoms with E-state index < -0.39 is 0 Å². The summed E-state index contributed by atoms with van der Waals surface area (Å²) in [6.45, 7) is 6.97. The Labute approximate surface area is 104 Å². The van der Waals surface area contributed by atoms with Gasteiger partial charge in [-0.2, -0.15) is 5.26 Å². The lowest BCUT2D eigenvalue weighted by Crippen LogP contribution is -2.12. The fourth-order valence-corrected chi connectivity index (χ4v) is 2.30. The second-order valence-electron chi connectivity index (χ2n) is 4.75. The molecular weight excluding hydrogens is 234 g/mol. The van der Waals surface area contributed by atoms with Crippen LogP contribution < -0.4 is 0 Å². The SMILES string of the molecule is CC(C)(C)c1csc(Cn2cnc(C#N)n2)n1. The molecule has 0 aliphatic rings. The number of hydrogen-bond acceptors (Lipinski definition) is 5. The van der Waals surface area contributed by atoms with Gasteiger partial charge in [0.2, 0.25) is 0 Å². The third kappa shape index (κ3) is 2.68. The standard InChI is InChI=1S/C11H13N5S/c1-11(2,3)8-6-17-10(14-8)5-16-7-13-9(4-12)15-16/h6-7H,5H2,1-3H3. The molecule has 0 saturated heterocycles. The molecule has 0 spiro atoms. The first kappa shape index (κ1) is 11.7. The van der Waals surface area contributed by atoms with Crippen molar-refractivity contribution in [1.29, 1.82) is 5.26 Å². The molecular formula is C11H13N5S. The van der Waals surface area contributed by atoms with Crippen molar-refractivity contribution in [2.45, 2.75) is 32.7 Å². The van der Waals surface area contributed by atoms with Crippen LogP contribution in [0.3, 0.4) is 0 Å². The van der Waals surface area contributed by atoms with E-state index in [-0.39, 0.29) is 11.2 Å². The highest BCUT2D eigenvalue weighted by molar-refractivity contribution is 7.09. The van der Waals surface area contributed by atoms with E-state index in [1.54, 1.807) is 22.3 Å². The van der Waals surface area contributed by atoms with Crippen molar-refractivity contribution in [1.82, 2.24) is 19.7 Å². The van der Waals surface area contributed by atoms with Crippen molar-refractivity contribution in [3.05, 3.63) is 28.2 Å². The van der Waals surface area contributed by atoms with Crippen molar-refractivity contribution >= 4 is 11.3 Å². The van der Waals surface area contributed by atoms with Gasteiger partial charge in [0.25, 0.3) is 5.82 Å². The summed E-state index contributed by atoms with van der Waals surface area (Å²) >= 11 is 1.61. The van der Waals surface area contributed by atoms with E-state index >= 15 is 0 Å². The molecule has 0 atom stereocenters. The van der Waals surface area contributed by atoms with E-state index in [1.807, 2.05) is 6.07 Å². The van der Waals surface area contributed by atoms with Gasteiger partial charge in [0.15, 0.2) is 0 Å². The van der Waals surface area contributed by atoms with Gasteiger partial charge >= 0.3 is 0 Å². The highest BCUT2D eigenvalue weighted by Gasteiger charge is 2.17. The van der Waals surface area contributed by atoms with Crippen LogP contribution in [-0.4, -0.2) is 19.7 Å². The molecule has 0 aliphatic heterocycles. The van der Waals surface area contributed by atoms with E-state index in [4.69, 9.17) is 5.26 Å². The highest BCUT2D eigenvalue weighted by Crippen LogP contribution is 2.24. The summed E-state index contributed by atoms with van der Waals surface area (Å²) in [5.41, 5.74) is 1.15. The molecule has 2 aromatic rings. The molecule has 2 heterocycles. The zero-order valence-electron chi connectivity index (χ0n) is 10.0. The first-order valence-electron chi connectivity index (χ1n) is 5.23. The summed E-state index contributed by atoms with van der Waals surface area (Å²) in [5.74, 6) is 0.192. The van der Waals surface area contributed by atoms with Gasteiger partial charge in [-0.15, -0.1) is 16.4 Å². The molecule has 0 N–H and O–H groups in total. The van der Waals surface area contributed by atoms with Crippen molar-refractivity contribution in [3.63, 3.8) is 0 Å². The lowest BCUT2D eigenvalue weighted by atomic mass is 9.93. The molecule has 2 aromatic heterocycles. The van der Waals surface area contributed by atoms with Gasteiger partial charge in [0.05, 0.1) is 12.2 Å². The quantitative estimate of drug-likeness (QED) is 0.813. The Kier molecular flexibility index (Phi) is 2.94. The summed E-state index contributed by atoms with van der Waals surface area (Å²) in [6, 6.07) is 1.90. The van der Waals surface area contributed by atoms with Crippen molar-refractivity contribution in [2.75, 3.05) is 0 Å². The average molecular weight is 247 g/mol. The average Bonchev–Trinajstić information content (AvgIpc) is 2.86. The number of aromatic nitrogens is 4. The predicted molar refractivity (Wildman–Crippen MR) is 64.7 cm³/mol. The Bertz CT molecular complexity index is 555. The molecule has 0 radical (unpaired) electrons. The van der Waals surface area contributed by atoms with E-state index in [1.165, 1.54) is 0 Å². The molecule has 6 heteroatoms. The molecule has 0 saturated carbocycles. The first-order chi connectivity index (χ1) is 7.99. The molecule has 0 aromatic carbocycles. The number of thiazole rings is 1. The van der Waals surface area contributed by atoms with E-state index in [0.29, 0.717) is 6.54 Å². The first-order valence-corrected chi connectivity index (χ1v) is 6.11. The van der Waals surface area contributed by atoms with Gasteiger partial charge in [-0.3, -0.25) is 0 Å². The summed E-state index contributed by atoms with van der Waals surface area (Å²) in [6.07, 6.45) is 1.55. The van der Waals surface area contributed by atoms with Gasteiger partial charge < -0.3 is 0 Å². The second kappa shape index (κ2) is 4.26. The predicted octanol–water partition coefficient (Wildman–Crippen LogP) is 1.95. The fourth-order valence-electron chi connectivity index (χ4n) is 1.29. The van der Waals surface area contributed by atoms with Gasteiger partial charge in [0.1, 0.15) is 17.4 Å². The van der Waals surface area contributed by atoms with Gasteiger partial charge in [0, 0.05) is 10.8 Å².